The standard InChI is InChI=1S/C10H8BrF4NO/c1-9(16,10(13,14)15)8(17)6-4-5(11)2-3-7(6)12/h2-4H,16H2,1H3. The summed E-state index contributed by atoms with van der Waals surface area (Å²) in [6.45, 7) is 0.510. The molecule has 1 aromatic carbocycles. The van der Waals surface area contributed by atoms with Crippen LogP contribution in [-0.4, -0.2) is 17.5 Å². The molecule has 94 valence electrons. The molecule has 0 saturated heterocycles. The maximum absolute atomic E-state index is 13.3. The van der Waals surface area contributed by atoms with Crippen molar-refractivity contribution in [2.24, 2.45) is 5.73 Å². The summed E-state index contributed by atoms with van der Waals surface area (Å²) in [7, 11) is 0. The largest absolute Gasteiger partial charge is 0.413 e. The van der Waals surface area contributed by atoms with Crippen LogP contribution in [0.3, 0.4) is 0 Å². The van der Waals surface area contributed by atoms with Crippen molar-refractivity contribution in [1.82, 2.24) is 0 Å². The second kappa shape index (κ2) is 4.38. The van der Waals surface area contributed by atoms with E-state index in [4.69, 9.17) is 5.73 Å². The van der Waals surface area contributed by atoms with Crippen LogP contribution in [0.25, 0.3) is 0 Å². The molecular weight excluding hydrogens is 306 g/mol. The number of hydrogen-bond acceptors (Lipinski definition) is 2. The lowest BCUT2D eigenvalue weighted by molar-refractivity contribution is -0.165. The van der Waals surface area contributed by atoms with E-state index < -0.39 is 28.9 Å². The van der Waals surface area contributed by atoms with Gasteiger partial charge in [-0.2, -0.15) is 13.2 Å². The average molecular weight is 314 g/mol. The zero-order valence-corrected chi connectivity index (χ0v) is 10.2. The number of rotatable bonds is 2. The van der Waals surface area contributed by atoms with Crippen LogP contribution in [0.1, 0.15) is 17.3 Å². The first-order valence-electron chi connectivity index (χ1n) is 4.43. The first-order valence-corrected chi connectivity index (χ1v) is 5.22. The van der Waals surface area contributed by atoms with E-state index >= 15 is 0 Å². The van der Waals surface area contributed by atoms with Gasteiger partial charge < -0.3 is 5.73 Å². The lowest BCUT2D eigenvalue weighted by Crippen LogP contribution is -2.57. The van der Waals surface area contributed by atoms with Gasteiger partial charge >= 0.3 is 6.18 Å². The number of alkyl halides is 3. The Hall–Kier alpha value is -0.950. The normalized spacial score (nSPS) is 15.5. The monoisotopic (exact) mass is 313 g/mol. The highest BCUT2D eigenvalue weighted by molar-refractivity contribution is 9.10. The van der Waals surface area contributed by atoms with Crippen LogP contribution in [0, 0.1) is 5.82 Å². The number of carbonyl (C=O) groups excluding carboxylic acids is 1. The number of carbonyl (C=O) groups is 1. The van der Waals surface area contributed by atoms with Crippen LogP contribution in [0.2, 0.25) is 0 Å². The molecule has 17 heavy (non-hydrogen) atoms. The number of nitrogens with two attached hydrogens (primary N) is 1. The Balaban J connectivity index is 3.26. The van der Waals surface area contributed by atoms with Crippen LogP contribution < -0.4 is 5.73 Å². The van der Waals surface area contributed by atoms with Gasteiger partial charge in [0.15, 0.2) is 11.3 Å². The molecular formula is C10H8BrF4NO. The van der Waals surface area contributed by atoms with E-state index in [0.717, 1.165) is 12.1 Å². The molecule has 1 unspecified atom stereocenters. The quantitative estimate of drug-likeness (QED) is 0.673. The van der Waals surface area contributed by atoms with Gasteiger partial charge in [0, 0.05) is 4.47 Å². The number of Topliss-reactive ketones (excluding diaryl/α,β-unsaturated/α-hetero) is 1. The fraction of sp³-hybridized carbons (Fsp3) is 0.300. The molecule has 0 aromatic heterocycles. The highest BCUT2D eigenvalue weighted by Gasteiger charge is 2.54. The number of ketones is 1. The minimum absolute atomic E-state index is 0.292. The zero-order chi connectivity index (χ0) is 13.4. The van der Waals surface area contributed by atoms with Gasteiger partial charge in [-0.3, -0.25) is 4.79 Å². The van der Waals surface area contributed by atoms with E-state index in [0.29, 0.717) is 11.4 Å². The molecule has 0 bridgehead atoms. The molecule has 0 aliphatic carbocycles. The molecule has 1 aromatic rings. The summed E-state index contributed by atoms with van der Waals surface area (Å²) in [5.41, 5.74) is 1.12. The summed E-state index contributed by atoms with van der Waals surface area (Å²) in [5.74, 6) is -2.55. The first-order chi connectivity index (χ1) is 7.57. The minimum atomic E-state index is -4.95. The van der Waals surface area contributed by atoms with Gasteiger partial charge in [0.25, 0.3) is 0 Å². The Morgan fingerprint density at radius 1 is 1.35 bits per heavy atom. The maximum atomic E-state index is 13.3. The van der Waals surface area contributed by atoms with Crippen LogP contribution >= 0.6 is 15.9 Å². The summed E-state index contributed by atoms with van der Waals surface area (Å²) >= 11 is 2.94. The third-order valence-corrected chi connectivity index (χ3v) is 2.73. The van der Waals surface area contributed by atoms with Gasteiger partial charge in [0.2, 0.25) is 0 Å². The molecule has 0 saturated carbocycles. The third kappa shape index (κ3) is 2.66. The van der Waals surface area contributed by atoms with Gasteiger partial charge in [0.1, 0.15) is 5.82 Å². The smallest absolute Gasteiger partial charge is 0.311 e. The van der Waals surface area contributed by atoms with Crippen molar-refractivity contribution >= 4 is 21.7 Å². The second-order valence-electron chi connectivity index (χ2n) is 3.65. The van der Waals surface area contributed by atoms with Crippen LogP contribution in [0.15, 0.2) is 22.7 Å². The van der Waals surface area contributed by atoms with Gasteiger partial charge in [-0.1, -0.05) is 15.9 Å². The Morgan fingerprint density at radius 3 is 2.35 bits per heavy atom. The highest BCUT2D eigenvalue weighted by atomic mass is 79.9. The van der Waals surface area contributed by atoms with Crippen molar-refractivity contribution in [2.45, 2.75) is 18.6 Å². The predicted octanol–water partition coefficient (Wildman–Crippen LogP) is 3.05. The van der Waals surface area contributed by atoms with Crippen molar-refractivity contribution in [3.05, 3.63) is 34.1 Å². The molecule has 0 radical (unpaired) electrons. The molecule has 0 aliphatic rings. The van der Waals surface area contributed by atoms with Gasteiger partial charge in [-0.05, 0) is 25.1 Å². The van der Waals surface area contributed by atoms with Crippen molar-refractivity contribution in [3.63, 3.8) is 0 Å². The number of hydrogen-bond donors (Lipinski definition) is 1. The molecule has 0 amide bonds. The third-order valence-electron chi connectivity index (χ3n) is 2.23. The molecule has 7 heteroatoms. The Morgan fingerprint density at radius 2 is 1.88 bits per heavy atom. The van der Waals surface area contributed by atoms with E-state index in [1.54, 1.807) is 0 Å². The van der Waals surface area contributed by atoms with Gasteiger partial charge in [-0.25, -0.2) is 4.39 Å². The van der Waals surface area contributed by atoms with Crippen molar-refractivity contribution in [2.75, 3.05) is 0 Å². The topological polar surface area (TPSA) is 43.1 Å². The Bertz CT molecular complexity index is 456. The molecule has 2 N–H and O–H groups in total. The molecule has 1 atom stereocenters. The Labute approximate surface area is 103 Å². The predicted molar refractivity (Wildman–Crippen MR) is 57.1 cm³/mol. The highest BCUT2D eigenvalue weighted by Crippen LogP contribution is 2.32. The summed E-state index contributed by atoms with van der Waals surface area (Å²) in [6.07, 6.45) is -4.95. The van der Waals surface area contributed by atoms with Crippen molar-refractivity contribution in [3.8, 4) is 0 Å². The van der Waals surface area contributed by atoms with E-state index in [2.05, 4.69) is 15.9 Å². The minimum Gasteiger partial charge on any atom is -0.311 e. The first kappa shape index (κ1) is 14.1. The molecule has 0 fully saturated rings. The van der Waals surface area contributed by atoms with Gasteiger partial charge in [0.05, 0.1) is 5.56 Å². The molecule has 0 spiro atoms. The van der Waals surface area contributed by atoms with E-state index in [-0.39, 0.29) is 0 Å². The fourth-order valence-electron chi connectivity index (χ4n) is 1.08. The average Bonchev–Trinajstić information content (AvgIpc) is 2.19. The van der Waals surface area contributed by atoms with E-state index in [1.165, 1.54) is 6.07 Å². The SMILES string of the molecule is CC(N)(C(=O)c1cc(Br)ccc1F)C(F)(F)F. The van der Waals surface area contributed by atoms with Gasteiger partial charge in [-0.15, -0.1) is 0 Å². The number of halogens is 5. The van der Waals surface area contributed by atoms with Crippen LogP contribution in [0.5, 0.6) is 0 Å². The van der Waals surface area contributed by atoms with Crippen molar-refractivity contribution in [1.29, 1.82) is 0 Å². The Kier molecular flexibility index (Phi) is 3.63. The fourth-order valence-corrected chi connectivity index (χ4v) is 1.44. The summed E-state index contributed by atoms with van der Waals surface area (Å²) in [4.78, 5) is 11.6. The van der Waals surface area contributed by atoms with E-state index in [9.17, 15) is 22.4 Å². The lowest BCUT2D eigenvalue weighted by atomic mass is 9.91. The van der Waals surface area contributed by atoms with Crippen LogP contribution in [-0.2, 0) is 0 Å². The molecule has 0 heterocycles. The zero-order valence-electron chi connectivity index (χ0n) is 8.61. The van der Waals surface area contributed by atoms with E-state index in [1.807, 2.05) is 0 Å². The molecule has 0 aliphatic heterocycles. The maximum Gasteiger partial charge on any atom is 0.413 e. The summed E-state index contributed by atoms with van der Waals surface area (Å²) in [6, 6.07) is 3.13. The molecule has 2 nitrogen and oxygen atoms in total. The van der Waals surface area contributed by atoms with Crippen LogP contribution in [0.4, 0.5) is 17.6 Å². The summed E-state index contributed by atoms with van der Waals surface area (Å²) < 4.78 is 51.1. The van der Waals surface area contributed by atoms with Crippen molar-refractivity contribution < 1.29 is 22.4 Å². The number of benzene rings is 1. The second-order valence-corrected chi connectivity index (χ2v) is 4.57. The summed E-state index contributed by atoms with van der Waals surface area (Å²) in [5, 5.41) is 0. The lowest BCUT2D eigenvalue weighted by Gasteiger charge is -2.26. The molecule has 1 rings (SSSR count).